The zero-order valence-electron chi connectivity index (χ0n) is 15.9. The number of aromatic nitrogens is 3. The SMILES string of the molecule is Cc1nn(Cc2ccccc2)c(C)c1CNC(=O)CCn1c(C)csc1=O. The number of thiazole rings is 1. The van der Waals surface area contributed by atoms with Crippen LogP contribution in [0.5, 0.6) is 0 Å². The van der Waals surface area contributed by atoms with E-state index < -0.39 is 0 Å². The summed E-state index contributed by atoms with van der Waals surface area (Å²) < 4.78 is 3.61. The van der Waals surface area contributed by atoms with Crippen LogP contribution in [0.2, 0.25) is 0 Å². The second-order valence-corrected chi connectivity index (χ2v) is 7.43. The van der Waals surface area contributed by atoms with Crippen LogP contribution in [0.15, 0.2) is 40.5 Å². The summed E-state index contributed by atoms with van der Waals surface area (Å²) in [6.45, 7) is 7.43. The van der Waals surface area contributed by atoms with E-state index in [1.165, 1.54) is 5.56 Å². The lowest BCUT2D eigenvalue weighted by Gasteiger charge is -2.08. The summed E-state index contributed by atoms with van der Waals surface area (Å²) in [4.78, 5) is 23.9. The van der Waals surface area contributed by atoms with Crippen molar-refractivity contribution in [2.24, 2.45) is 0 Å². The molecule has 142 valence electrons. The topological polar surface area (TPSA) is 68.9 Å². The average Bonchev–Trinajstić information content (AvgIpc) is 3.11. The van der Waals surface area contributed by atoms with Gasteiger partial charge in [0.25, 0.3) is 0 Å². The predicted octanol–water partition coefficient (Wildman–Crippen LogP) is 2.79. The van der Waals surface area contributed by atoms with Crippen molar-refractivity contribution in [1.82, 2.24) is 19.7 Å². The largest absolute Gasteiger partial charge is 0.352 e. The molecular weight excluding hydrogens is 360 g/mol. The molecule has 0 saturated heterocycles. The van der Waals surface area contributed by atoms with Crippen molar-refractivity contribution in [3.8, 4) is 0 Å². The summed E-state index contributed by atoms with van der Waals surface area (Å²) in [6.07, 6.45) is 0.285. The maximum atomic E-state index is 12.2. The predicted molar refractivity (Wildman–Crippen MR) is 107 cm³/mol. The third-order valence-electron chi connectivity index (χ3n) is 4.71. The summed E-state index contributed by atoms with van der Waals surface area (Å²) in [7, 11) is 0. The van der Waals surface area contributed by atoms with Crippen molar-refractivity contribution in [2.75, 3.05) is 0 Å². The van der Waals surface area contributed by atoms with Gasteiger partial charge >= 0.3 is 4.87 Å². The quantitative estimate of drug-likeness (QED) is 0.681. The van der Waals surface area contributed by atoms with E-state index in [1.54, 1.807) is 4.57 Å². The highest BCUT2D eigenvalue weighted by Gasteiger charge is 2.13. The monoisotopic (exact) mass is 384 g/mol. The number of hydrogen-bond donors (Lipinski definition) is 1. The fraction of sp³-hybridized carbons (Fsp3) is 0.350. The molecule has 2 heterocycles. The number of benzene rings is 1. The third-order valence-corrected chi connectivity index (χ3v) is 5.59. The van der Waals surface area contributed by atoms with Crippen LogP contribution >= 0.6 is 11.3 Å². The number of amides is 1. The molecule has 2 aromatic heterocycles. The number of carbonyl (C=O) groups excluding carboxylic acids is 1. The van der Waals surface area contributed by atoms with Gasteiger partial charge in [-0.2, -0.15) is 5.10 Å². The molecule has 1 N–H and O–H groups in total. The molecule has 0 saturated carbocycles. The Morgan fingerprint density at radius 3 is 2.59 bits per heavy atom. The molecule has 7 heteroatoms. The minimum absolute atomic E-state index is 0.0193. The van der Waals surface area contributed by atoms with Crippen molar-refractivity contribution >= 4 is 17.2 Å². The number of nitrogens with zero attached hydrogens (tertiary/aromatic N) is 3. The van der Waals surface area contributed by atoms with Gasteiger partial charge in [-0.1, -0.05) is 41.7 Å². The molecule has 3 aromatic rings. The fourth-order valence-electron chi connectivity index (χ4n) is 3.06. The van der Waals surface area contributed by atoms with E-state index in [1.807, 2.05) is 49.0 Å². The molecule has 1 amide bonds. The van der Waals surface area contributed by atoms with Gasteiger partial charge in [-0.05, 0) is 26.3 Å². The van der Waals surface area contributed by atoms with Crippen LogP contribution in [-0.4, -0.2) is 20.3 Å². The summed E-state index contributed by atoms with van der Waals surface area (Å²) in [5.41, 5.74) is 5.11. The second kappa shape index (κ2) is 8.35. The molecule has 1 aromatic carbocycles. The smallest absolute Gasteiger partial charge is 0.307 e. The minimum Gasteiger partial charge on any atom is -0.352 e. The Hall–Kier alpha value is -2.67. The zero-order chi connectivity index (χ0) is 19.4. The maximum Gasteiger partial charge on any atom is 0.307 e. The molecular formula is C20H24N4O2S. The number of rotatable bonds is 7. The molecule has 0 bridgehead atoms. The highest BCUT2D eigenvalue weighted by Crippen LogP contribution is 2.14. The van der Waals surface area contributed by atoms with Crippen molar-refractivity contribution in [2.45, 2.75) is 46.8 Å². The van der Waals surface area contributed by atoms with Gasteiger partial charge < -0.3 is 9.88 Å². The van der Waals surface area contributed by atoms with Gasteiger partial charge in [0, 0.05) is 41.8 Å². The number of carbonyl (C=O) groups is 1. The van der Waals surface area contributed by atoms with Crippen LogP contribution in [0.25, 0.3) is 0 Å². The Morgan fingerprint density at radius 2 is 1.93 bits per heavy atom. The lowest BCUT2D eigenvalue weighted by molar-refractivity contribution is -0.121. The van der Waals surface area contributed by atoms with Crippen LogP contribution in [0, 0.1) is 20.8 Å². The Morgan fingerprint density at radius 1 is 1.19 bits per heavy atom. The van der Waals surface area contributed by atoms with Gasteiger partial charge in [0.1, 0.15) is 0 Å². The first-order valence-electron chi connectivity index (χ1n) is 8.94. The van der Waals surface area contributed by atoms with Crippen molar-refractivity contribution in [1.29, 1.82) is 0 Å². The molecule has 6 nitrogen and oxygen atoms in total. The number of aryl methyl sites for hydroxylation is 2. The van der Waals surface area contributed by atoms with E-state index in [9.17, 15) is 9.59 Å². The van der Waals surface area contributed by atoms with Gasteiger partial charge in [0.2, 0.25) is 5.91 Å². The third kappa shape index (κ3) is 4.54. The van der Waals surface area contributed by atoms with Gasteiger partial charge in [-0.25, -0.2) is 0 Å². The highest BCUT2D eigenvalue weighted by molar-refractivity contribution is 7.07. The van der Waals surface area contributed by atoms with Gasteiger partial charge in [0.15, 0.2) is 0 Å². The highest BCUT2D eigenvalue weighted by atomic mass is 32.1. The maximum absolute atomic E-state index is 12.2. The van der Waals surface area contributed by atoms with E-state index in [2.05, 4.69) is 22.5 Å². The zero-order valence-corrected chi connectivity index (χ0v) is 16.7. The van der Waals surface area contributed by atoms with E-state index in [0.29, 0.717) is 19.6 Å². The average molecular weight is 385 g/mol. The van der Waals surface area contributed by atoms with E-state index in [-0.39, 0.29) is 17.2 Å². The van der Waals surface area contributed by atoms with Crippen molar-refractivity contribution in [3.05, 3.63) is 73.6 Å². The molecule has 0 fully saturated rings. The summed E-state index contributed by atoms with van der Waals surface area (Å²) >= 11 is 1.16. The van der Waals surface area contributed by atoms with Crippen LogP contribution in [0.3, 0.4) is 0 Å². The number of nitrogens with one attached hydrogen (secondary N) is 1. The van der Waals surface area contributed by atoms with E-state index >= 15 is 0 Å². The van der Waals surface area contributed by atoms with Crippen LogP contribution in [-0.2, 0) is 24.4 Å². The first-order valence-corrected chi connectivity index (χ1v) is 9.82. The van der Waals surface area contributed by atoms with Crippen molar-refractivity contribution < 1.29 is 4.79 Å². The Labute approximate surface area is 162 Å². The normalized spacial score (nSPS) is 10.9. The van der Waals surface area contributed by atoms with Gasteiger partial charge in [-0.3, -0.25) is 14.3 Å². The Kier molecular flexibility index (Phi) is 5.91. The molecule has 0 aliphatic heterocycles. The fourth-order valence-corrected chi connectivity index (χ4v) is 3.82. The molecule has 0 aliphatic carbocycles. The van der Waals surface area contributed by atoms with Crippen molar-refractivity contribution in [3.63, 3.8) is 0 Å². The van der Waals surface area contributed by atoms with Crippen LogP contribution in [0.4, 0.5) is 0 Å². The molecule has 0 aliphatic rings. The standard InChI is InChI=1S/C20H24N4O2S/c1-14-13-27-20(26)23(14)10-9-19(25)21-11-18-15(2)22-24(16(18)3)12-17-7-5-4-6-8-17/h4-8,13H,9-12H2,1-3H3,(H,21,25). The molecule has 0 atom stereocenters. The Balaban J connectivity index is 1.59. The first-order chi connectivity index (χ1) is 13.0. The summed E-state index contributed by atoms with van der Waals surface area (Å²) in [5, 5.41) is 9.38. The molecule has 0 spiro atoms. The first kappa shape index (κ1) is 19.1. The molecule has 3 rings (SSSR count). The molecule has 0 radical (unpaired) electrons. The molecule has 27 heavy (non-hydrogen) atoms. The van der Waals surface area contributed by atoms with E-state index in [0.717, 1.165) is 34.0 Å². The van der Waals surface area contributed by atoms with Crippen LogP contribution < -0.4 is 10.2 Å². The number of hydrogen-bond acceptors (Lipinski definition) is 4. The molecule has 0 unspecified atom stereocenters. The van der Waals surface area contributed by atoms with Crippen LogP contribution in [0.1, 0.15) is 34.6 Å². The minimum atomic E-state index is -0.0675. The summed E-state index contributed by atoms with van der Waals surface area (Å²) in [6, 6.07) is 10.2. The lowest BCUT2D eigenvalue weighted by Crippen LogP contribution is -2.26. The van der Waals surface area contributed by atoms with Gasteiger partial charge in [0.05, 0.1) is 12.2 Å². The Bertz CT molecular complexity index is 985. The lowest BCUT2D eigenvalue weighted by atomic mass is 10.2. The summed E-state index contributed by atoms with van der Waals surface area (Å²) in [5.74, 6) is -0.0675. The second-order valence-electron chi connectivity index (χ2n) is 6.61. The van der Waals surface area contributed by atoms with E-state index in [4.69, 9.17) is 0 Å². The van der Waals surface area contributed by atoms with Gasteiger partial charge in [-0.15, -0.1) is 0 Å².